The van der Waals surface area contributed by atoms with Gasteiger partial charge in [0.1, 0.15) is 16.8 Å². The van der Waals surface area contributed by atoms with Crippen LogP contribution in [0.1, 0.15) is 6.42 Å². The quantitative estimate of drug-likeness (QED) is 0.300. The van der Waals surface area contributed by atoms with Gasteiger partial charge in [-0.1, -0.05) is 11.8 Å². The number of nitrogens with zero attached hydrogens (tertiary/aromatic N) is 2. The third kappa shape index (κ3) is 7.27. The minimum atomic E-state index is -0.708. The summed E-state index contributed by atoms with van der Waals surface area (Å²) in [5.41, 5.74) is 0. The maximum absolute atomic E-state index is 13.4. The summed E-state index contributed by atoms with van der Waals surface area (Å²) in [6, 6.07) is 3.24. The highest BCUT2D eigenvalue weighted by Crippen LogP contribution is 2.20. The first-order valence-corrected chi connectivity index (χ1v) is 9.60. The molecule has 0 atom stereocenters. The second-order valence-electron chi connectivity index (χ2n) is 4.85. The van der Waals surface area contributed by atoms with Crippen molar-refractivity contribution in [2.45, 2.75) is 10.8 Å². The Kier molecular flexibility index (Phi) is 8.47. The standard InChI is InChI=1S/C16H20F2N4OS2/c1-19-15(20-5-2-9-24-16-22-7-10-25-16)21-6-8-23-14-4-3-12(17)11-13(14)18/h3-4,7,10-11H,2,5-6,8-9H2,1H3,(H2,19,20,21). The van der Waals surface area contributed by atoms with Crippen molar-refractivity contribution < 1.29 is 13.5 Å². The van der Waals surface area contributed by atoms with E-state index < -0.39 is 11.6 Å². The summed E-state index contributed by atoms with van der Waals surface area (Å²) in [5, 5.41) is 8.24. The lowest BCUT2D eigenvalue weighted by molar-refractivity contribution is 0.304. The molecule has 25 heavy (non-hydrogen) atoms. The van der Waals surface area contributed by atoms with Gasteiger partial charge in [-0.3, -0.25) is 4.99 Å². The van der Waals surface area contributed by atoms with Crippen LogP contribution in [0.25, 0.3) is 0 Å². The van der Waals surface area contributed by atoms with Crippen LogP contribution in [-0.4, -0.2) is 43.4 Å². The number of thiazole rings is 1. The van der Waals surface area contributed by atoms with E-state index in [2.05, 4.69) is 20.6 Å². The Hall–Kier alpha value is -1.87. The van der Waals surface area contributed by atoms with Gasteiger partial charge < -0.3 is 15.4 Å². The smallest absolute Gasteiger partial charge is 0.191 e. The van der Waals surface area contributed by atoms with E-state index in [1.165, 1.54) is 6.07 Å². The molecule has 0 fully saturated rings. The average Bonchev–Trinajstić information content (AvgIpc) is 3.11. The number of hydrogen-bond acceptors (Lipinski definition) is 5. The third-order valence-electron chi connectivity index (χ3n) is 3.02. The van der Waals surface area contributed by atoms with Crippen molar-refractivity contribution in [3.8, 4) is 5.75 Å². The van der Waals surface area contributed by atoms with Crippen LogP contribution in [0.4, 0.5) is 8.78 Å². The summed E-state index contributed by atoms with van der Waals surface area (Å²) in [4.78, 5) is 8.32. The van der Waals surface area contributed by atoms with E-state index in [-0.39, 0.29) is 12.4 Å². The maximum Gasteiger partial charge on any atom is 0.191 e. The largest absolute Gasteiger partial charge is 0.489 e. The molecule has 2 rings (SSSR count). The normalized spacial score (nSPS) is 11.4. The fourth-order valence-corrected chi connectivity index (χ4v) is 3.51. The molecule has 1 heterocycles. The molecule has 1 aromatic carbocycles. The molecule has 0 aliphatic carbocycles. The Balaban J connectivity index is 1.57. The molecule has 0 saturated heterocycles. The summed E-state index contributed by atoms with van der Waals surface area (Å²) in [6.45, 7) is 1.47. The van der Waals surface area contributed by atoms with Gasteiger partial charge in [0, 0.05) is 37.0 Å². The SMILES string of the molecule is CN=C(NCCCSc1nccs1)NCCOc1ccc(F)cc1F. The van der Waals surface area contributed by atoms with Crippen LogP contribution in [0.2, 0.25) is 0 Å². The molecule has 5 nitrogen and oxygen atoms in total. The number of ether oxygens (including phenoxy) is 1. The molecule has 0 amide bonds. The molecule has 0 aliphatic rings. The van der Waals surface area contributed by atoms with Gasteiger partial charge in [-0.2, -0.15) is 0 Å². The highest BCUT2D eigenvalue weighted by atomic mass is 32.2. The van der Waals surface area contributed by atoms with Crippen LogP contribution in [0, 0.1) is 11.6 Å². The molecule has 9 heteroatoms. The molecule has 0 bridgehead atoms. The lowest BCUT2D eigenvalue weighted by Crippen LogP contribution is -2.39. The van der Waals surface area contributed by atoms with E-state index in [0.717, 1.165) is 35.2 Å². The fraction of sp³-hybridized carbons (Fsp3) is 0.375. The predicted molar refractivity (Wildman–Crippen MR) is 98.7 cm³/mol. The molecule has 1 aromatic heterocycles. The minimum Gasteiger partial charge on any atom is -0.489 e. The monoisotopic (exact) mass is 386 g/mol. The van der Waals surface area contributed by atoms with E-state index in [4.69, 9.17) is 4.74 Å². The van der Waals surface area contributed by atoms with E-state index in [9.17, 15) is 8.78 Å². The maximum atomic E-state index is 13.4. The summed E-state index contributed by atoms with van der Waals surface area (Å²) in [6.07, 6.45) is 2.78. The molecule has 2 aromatic rings. The molecule has 0 radical (unpaired) electrons. The van der Waals surface area contributed by atoms with Crippen molar-refractivity contribution in [1.29, 1.82) is 0 Å². The average molecular weight is 386 g/mol. The van der Waals surface area contributed by atoms with Crippen molar-refractivity contribution in [2.75, 3.05) is 32.5 Å². The van der Waals surface area contributed by atoms with Gasteiger partial charge in [0.15, 0.2) is 17.5 Å². The van der Waals surface area contributed by atoms with Crippen LogP contribution < -0.4 is 15.4 Å². The zero-order chi connectivity index (χ0) is 17.9. The number of thioether (sulfide) groups is 1. The Morgan fingerprint density at radius 2 is 2.16 bits per heavy atom. The van der Waals surface area contributed by atoms with Gasteiger partial charge in [0.25, 0.3) is 0 Å². The highest BCUT2D eigenvalue weighted by Gasteiger charge is 2.04. The van der Waals surface area contributed by atoms with Gasteiger partial charge in [-0.25, -0.2) is 13.8 Å². The zero-order valence-corrected chi connectivity index (χ0v) is 15.4. The Morgan fingerprint density at radius 1 is 1.32 bits per heavy atom. The van der Waals surface area contributed by atoms with Gasteiger partial charge in [0.05, 0.1) is 6.54 Å². The second kappa shape index (κ2) is 10.9. The first-order chi connectivity index (χ1) is 12.2. The molecule has 0 aliphatic heterocycles. The molecular formula is C16H20F2N4OS2. The molecule has 0 unspecified atom stereocenters. The topological polar surface area (TPSA) is 58.5 Å². The molecule has 0 saturated carbocycles. The number of halogens is 2. The van der Waals surface area contributed by atoms with Gasteiger partial charge >= 0.3 is 0 Å². The number of nitrogens with one attached hydrogen (secondary N) is 2. The number of guanidine groups is 1. The first-order valence-electron chi connectivity index (χ1n) is 7.73. The lowest BCUT2D eigenvalue weighted by Gasteiger charge is -2.12. The van der Waals surface area contributed by atoms with Crippen molar-refractivity contribution in [1.82, 2.24) is 15.6 Å². The highest BCUT2D eigenvalue weighted by molar-refractivity contribution is 8.00. The van der Waals surface area contributed by atoms with Crippen molar-refractivity contribution in [3.05, 3.63) is 41.4 Å². The summed E-state index contributed by atoms with van der Waals surface area (Å²) < 4.78 is 32.6. The third-order valence-corrected chi connectivity index (χ3v) is 5.07. The van der Waals surface area contributed by atoms with Crippen molar-refractivity contribution >= 4 is 29.1 Å². The van der Waals surface area contributed by atoms with Gasteiger partial charge in [0.2, 0.25) is 0 Å². The van der Waals surface area contributed by atoms with Crippen LogP contribution >= 0.6 is 23.1 Å². The van der Waals surface area contributed by atoms with E-state index >= 15 is 0 Å². The van der Waals surface area contributed by atoms with Crippen LogP contribution in [0.3, 0.4) is 0 Å². The van der Waals surface area contributed by atoms with Gasteiger partial charge in [-0.15, -0.1) is 11.3 Å². The predicted octanol–water partition coefficient (Wildman–Crippen LogP) is 3.15. The number of rotatable bonds is 9. The number of benzene rings is 1. The minimum absolute atomic E-state index is 0.0327. The molecular weight excluding hydrogens is 366 g/mol. The van der Waals surface area contributed by atoms with Gasteiger partial charge in [-0.05, 0) is 18.6 Å². The Labute approximate surface area is 153 Å². The van der Waals surface area contributed by atoms with E-state index in [0.29, 0.717) is 12.5 Å². The number of aromatic nitrogens is 1. The fourth-order valence-electron chi connectivity index (χ4n) is 1.86. The number of aliphatic imine (C=N–C) groups is 1. The summed E-state index contributed by atoms with van der Waals surface area (Å²) in [5.74, 6) is 0.332. The number of hydrogen-bond donors (Lipinski definition) is 2. The first kappa shape index (κ1) is 19.5. The molecule has 136 valence electrons. The van der Waals surface area contributed by atoms with E-state index in [1.54, 1.807) is 36.3 Å². The van der Waals surface area contributed by atoms with Crippen LogP contribution in [-0.2, 0) is 0 Å². The zero-order valence-electron chi connectivity index (χ0n) is 13.8. The Morgan fingerprint density at radius 3 is 2.88 bits per heavy atom. The molecule has 0 spiro atoms. The molecule has 2 N–H and O–H groups in total. The Bertz CT molecular complexity index is 668. The van der Waals surface area contributed by atoms with E-state index in [1.807, 2.05) is 5.38 Å². The summed E-state index contributed by atoms with van der Waals surface area (Å²) >= 11 is 3.37. The van der Waals surface area contributed by atoms with Crippen molar-refractivity contribution in [3.63, 3.8) is 0 Å². The van der Waals surface area contributed by atoms with Crippen molar-refractivity contribution in [2.24, 2.45) is 4.99 Å². The lowest BCUT2D eigenvalue weighted by atomic mass is 10.3. The second-order valence-corrected chi connectivity index (χ2v) is 7.09. The van der Waals surface area contributed by atoms with Crippen LogP contribution in [0.15, 0.2) is 39.1 Å². The summed E-state index contributed by atoms with van der Waals surface area (Å²) in [7, 11) is 1.68. The van der Waals surface area contributed by atoms with Crippen LogP contribution in [0.5, 0.6) is 5.75 Å².